The number of amides is 2. The smallest absolute Gasteiger partial charge is 0.280 e. The summed E-state index contributed by atoms with van der Waals surface area (Å²) in [5.74, 6) is -1.69. The van der Waals surface area contributed by atoms with Crippen LogP contribution < -0.4 is 10.8 Å². The Morgan fingerprint density at radius 1 is 0.619 bits per heavy atom. The third-order valence-corrected chi connectivity index (χ3v) is 6.80. The van der Waals surface area contributed by atoms with Crippen LogP contribution in [0.2, 0.25) is 0 Å². The van der Waals surface area contributed by atoms with E-state index >= 15 is 0 Å². The number of benzene rings is 5. The highest BCUT2D eigenvalue weighted by atomic mass is 19.1. The second-order valence-corrected chi connectivity index (χ2v) is 9.59. The molecule has 6 heteroatoms. The van der Waals surface area contributed by atoms with Crippen LogP contribution in [-0.2, 0) is 26.6 Å². The van der Waals surface area contributed by atoms with Gasteiger partial charge in [0, 0.05) is 6.54 Å². The van der Waals surface area contributed by atoms with E-state index in [1.54, 1.807) is 24.3 Å². The molecule has 0 unspecified atom stereocenters. The molecule has 0 radical (unpaired) electrons. The molecular weight excluding hydrogens is 527 g/mol. The van der Waals surface area contributed by atoms with Gasteiger partial charge in [-0.2, -0.15) is 0 Å². The van der Waals surface area contributed by atoms with Crippen molar-refractivity contribution in [3.8, 4) is 0 Å². The number of carbonyl (C=O) groups excluding carboxylic acids is 2. The van der Waals surface area contributed by atoms with Gasteiger partial charge < -0.3 is 5.32 Å². The molecule has 0 aliphatic heterocycles. The van der Waals surface area contributed by atoms with E-state index in [1.165, 1.54) is 18.2 Å². The molecule has 0 heterocycles. The van der Waals surface area contributed by atoms with Crippen molar-refractivity contribution in [1.29, 1.82) is 0 Å². The Bertz CT molecular complexity index is 1540. The molecule has 5 nitrogen and oxygen atoms in total. The molecule has 0 aromatic heterocycles. The summed E-state index contributed by atoms with van der Waals surface area (Å²) in [6, 6.07) is 43.6. The molecule has 5 rings (SSSR count). The minimum atomic E-state index is -1.22. The van der Waals surface area contributed by atoms with Gasteiger partial charge in [0.2, 0.25) is 0 Å². The summed E-state index contributed by atoms with van der Waals surface area (Å²) < 4.78 is 13.3. The molecule has 42 heavy (non-hydrogen) atoms. The fraction of sp³-hybridized carbons (Fsp3) is 0.0556. The number of hydrogen-bond acceptors (Lipinski definition) is 3. The fourth-order valence-electron chi connectivity index (χ4n) is 4.70. The minimum absolute atomic E-state index is 0.112. The summed E-state index contributed by atoms with van der Waals surface area (Å²) in [6.07, 6.45) is 1.51. The van der Waals surface area contributed by atoms with E-state index in [9.17, 15) is 14.0 Å². The molecular formula is C36H29FN2O3. The van der Waals surface area contributed by atoms with Crippen LogP contribution in [-0.4, -0.2) is 11.8 Å². The molecule has 2 amide bonds. The number of carbonyl (C=O) groups is 2. The molecule has 0 spiro atoms. The molecule has 0 aliphatic rings. The lowest BCUT2D eigenvalue weighted by atomic mass is 9.80. The monoisotopic (exact) mass is 556 g/mol. The average Bonchev–Trinajstić information content (AvgIpc) is 3.05. The van der Waals surface area contributed by atoms with Gasteiger partial charge in [0.15, 0.2) is 5.60 Å². The Kier molecular flexibility index (Phi) is 8.97. The van der Waals surface area contributed by atoms with Crippen LogP contribution in [0.3, 0.4) is 0 Å². The van der Waals surface area contributed by atoms with Gasteiger partial charge in [0.05, 0.1) is 0 Å². The zero-order chi connectivity index (χ0) is 29.2. The molecule has 0 atom stereocenters. The molecule has 0 bridgehead atoms. The Morgan fingerprint density at radius 3 is 1.55 bits per heavy atom. The van der Waals surface area contributed by atoms with E-state index < -0.39 is 17.4 Å². The number of rotatable bonds is 10. The molecule has 5 aromatic carbocycles. The van der Waals surface area contributed by atoms with Gasteiger partial charge in [-0.3, -0.25) is 14.4 Å². The zero-order valence-electron chi connectivity index (χ0n) is 22.7. The highest BCUT2D eigenvalue weighted by molar-refractivity contribution is 6.21. The number of hydrogen-bond donors (Lipinski definition) is 2. The number of halogens is 1. The van der Waals surface area contributed by atoms with E-state index in [0.29, 0.717) is 11.1 Å². The number of hydroxylamine groups is 1. The van der Waals surface area contributed by atoms with Gasteiger partial charge in [0.1, 0.15) is 11.4 Å². The lowest BCUT2D eigenvalue weighted by molar-refractivity contribution is -0.141. The van der Waals surface area contributed by atoms with Gasteiger partial charge in [0.25, 0.3) is 11.8 Å². The van der Waals surface area contributed by atoms with Crippen LogP contribution in [0.15, 0.2) is 151 Å². The highest BCUT2D eigenvalue weighted by Gasteiger charge is 2.39. The molecule has 0 fully saturated rings. The summed E-state index contributed by atoms with van der Waals surface area (Å²) in [5, 5.41) is 2.77. The van der Waals surface area contributed by atoms with Crippen LogP contribution in [0, 0.1) is 5.82 Å². The largest absolute Gasteiger partial charge is 0.348 e. The van der Waals surface area contributed by atoms with Crippen LogP contribution in [0.25, 0.3) is 6.08 Å². The van der Waals surface area contributed by atoms with Crippen molar-refractivity contribution >= 4 is 17.9 Å². The standard InChI is InChI=1S/C36H29FN2O3/c37-32-23-21-28(22-24-32)26-38-34(40)33(25-27-13-5-1-6-14-27)35(41)39-42-36(29-15-7-2-8-16-29,30-17-9-3-10-18-30)31-19-11-4-12-20-31/h1-25H,26H2,(H,38,40)(H,39,41)/b33-25+. The van der Waals surface area contributed by atoms with Gasteiger partial charge >= 0.3 is 0 Å². The van der Waals surface area contributed by atoms with Crippen molar-refractivity contribution in [3.63, 3.8) is 0 Å². The first kappa shape index (κ1) is 28.2. The Morgan fingerprint density at radius 2 is 1.07 bits per heavy atom. The number of nitrogens with one attached hydrogen (secondary N) is 2. The highest BCUT2D eigenvalue weighted by Crippen LogP contribution is 2.39. The summed E-state index contributed by atoms with van der Waals surface area (Å²) in [6.45, 7) is 0.112. The third-order valence-electron chi connectivity index (χ3n) is 6.80. The maximum Gasteiger partial charge on any atom is 0.280 e. The van der Waals surface area contributed by atoms with Crippen molar-refractivity contribution in [2.45, 2.75) is 12.1 Å². The SMILES string of the molecule is O=C(NCc1ccc(F)cc1)/C(=C\c1ccccc1)C(=O)NOC(c1ccccc1)(c1ccccc1)c1ccccc1. The minimum Gasteiger partial charge on any atom is -0.348 e. The molecule has 0 aliphatic carbocycles. The molecule has 2 N–H and O–H groups in total. The quantitative estimate of drug-likeness (QED) is 0.0673. The molecule has 0 saturated heterocycles. The van der Waals surface area contributed by atoms with E-state index in [0.717, 1.165) is 16.7 Å². The lowest BCUT2D eigenvalue weighted by Gasteiger charge is -2.35. The van der Waals surface area contributed by atoms with Crippen molar-refractivity contribution < 1.29 is 18.8 Å². The first-order chi connectivity index (χ1) is 20.6. The second-order valence-electron chi connectivity index (χ2n) is 9.59. The van der Waals surface area contributed by atoms with Crippen LogP contribution >= 0.6 is 0 Å². The summed E-state index contributed by atoms with van der Waals surface area (Å²) in [7, 11) is 0. The van der Waals surface area contributed by atoms with Gasteiger partial charge in [-0.25, -0.2) is 9.87 Å². The van der Waals surface area contributed by atoms with E-state index in [-0.39, 0.29) is 17.9 Å². The molecule has 5 aromatic rings. The van der Waals surface area contributed by atoms with Crippen molar-refractivity contribution in [2.24, 2.45) is 0 Å². The summed E-state index contributed by atoms with van der Waals surface area (Å²) in [4.78, 5) is 33.6. The first-order valence-electron chi connectivity index (χ1n) is 13.5. The van der Waals surface area contributed by atoms with E-state index in [2.05, 4.69) is 10.8 Å². The Labute approximate surface area is 244 Å². The van der Waals surface area contributed by atoms with Crippen LogP contribution in [0.5, 0.6) is 0 Å². The van der Waals surface area contributed by atoms with E-state index in [4.69, 9.17) is 4.84 Å². The second kappa shape index (κ2) is 13.4. The maximum atomic E-state index is 13.8. The topological polar surface area (TPSA) is 67.4 Å². The fourth-order valence-corrected chi connectivity index (χ4v) is 4.70. The zero-order valence-corrected chi connectivity index (χ0v) is 22.7. The Balaban J connectivity index is 1.49. The average molecular weight is 557 g/mol. The Hall–Kier alpha value is -5.33. The van der Waals surface area contributed by atoms with Crippen LogP contribution in [0.4, 0.5) is 4.39 Å². The normalized spacial score (nSPS) is 11.5. The predicted molar refractivity (Wildman–Crippen MR) is 161 cm³/mol. The van der Waals surface area contributed by atoms with E-state index in [1.807, 2.05) is 109 Å². The summed E-state index contributed by atoms with van der Waals surface area (Å²) in [5.41, 5.74) is 4.97. The van der Waals surface area contributed by atoms with Crippen LogP contribution in [0.1, 0.15) is 27.8 Å². The first-order valence-corrected chi connectivity index (χ1v) is 13.5. The van der Waals surface area contributed by atoms with Gasteiger partial charge in [-0.05, 0) is 46.0 Å². The van der Waals surface area contributed by atoms with Crippen molar-refractivity contribution in [3.05, 3.63) is 185 Å². The molecule has 0 saturated carbocycles. The molecule has 208 valence electrons. The van der Waals surface area contributed by atoms with Gasteiger partial charge in [-0.15, -0.1) is 0 Å². The summed E-state index contributed by atoms with van der Waals surface area (Å²) >= 11 is 0. The maximum absolute atomic E-state index is 13.8. The van der Waals surface area contributed by atoms with Crippen molar-refractivity contribution in [2.75, 3.05) is 0 Å². The predicted octanol–water partition coefficient (Wildman–Crippen LogP) is 6.57. The van der Waals surface area contributed by atoms with Gasteiger partial charge in [-0.1, -0.05) is 133 Å². The third kappa shape index (κ3) is 6.52. The lowest BCUT2D eigenvalue weighted by Crippen LogP contribution is -2.42. The van der Waals surface area contributed by atoms with Crippen molar-refractivity contribution in [1.82, 2.24) is 10.8 Å².